The Balaban J connectivity index is 1.97. The molecule has 1 aromatic heterocycles. The number of hydrogen-bond acceptors (Lipinski definition) is 3. The zero-order chi connectivity index (χ0) is 16.3. The van der Waals surface area contributed by atoms with E-state index < -0.39 is 11.9 Å². The van der Waals surface area contributed by atoms with Gasteiger partial charge in [-0.2, -0.15) is 5.10 Å². The van der Waals surface area contributed by atoms with Crippen molar-refractivity contribution in [2.75, 3.05) is 5.32 Å². The molecule has 0 fully saturated rings. The van der Waals surface area contributed by atoms with E-state index in [9.17, 15) is 9.59 Å². The minimum absolute atomic E-state index is 0.400. The van der Waals surface area contributed by atoms with Crippen LogP contribution in [-0.4, -0.2) is 21.7 Å². The number of anilines is 1. The minimum atomic E-state index is -0.512. The summed E-state index contributed by atoms with van der Waals surface area (Å²) < 4.78 is 1.62. The van der Waals surface area contributed by atoms with E-state index >= 15 is 0 Å². The Morgan fingerprint density at radius 3 is 2.36 bits per heavy atom. The van der Waals surface area contributed by atoms with Crippen molar-refractivity contribution >= 4 is 17.6 Å². The summed E-state index contributed by atoms with van der Waals surface area (Å²) in [5, 5.41) is 6.83. The smallest absolute Gasteiger partial charge is 0.306 e. The van der Waals surface area contributed by atoms with E-state index in [0.29, 0.717) is 16.9 Å². The molecule has 0 aliphatic rings. The van der Waals surface area contributed by atoms with Crippen LogP contribution in [0, 0.1) is 20.8 Å². The summed E-state index contributed by atoms with van der Waals surface area (Å²) in [5.74, 6) is -0.400. The Kier molecular flexibility index (Phi) is 4.45. The molecule has 22 heavy (non-hydrogen) atoms. The summed E-state index contributed by atoms with van der Waals surface area (Å²) in [6.45, 7) is 5.42. The normalized spacial score (nSPS) is 10.2. The van der Waals surface area contributed by atoms with E-state index in [1.807, 2.05) is 25.1 Å². The lowest BCUT2D eigenvalue weighted by atomic mass is 10.2. The van der Waals surface area contributed by atoms with Crippen molar-refractivity contribution in [3.8, 4) is 0 Å². The molecule has 7 nitrogen and oxygen atoms in total. The fourth-order valence-electron chi connectivity index (χ4n) is 2.14. The van der Waals surface area contributed by atoms with Crippen LogP contribution in [0.4, 0.5) is 10.5 Å². The third kappa shape index (κ3) is 3.25. The zero-order valence-corrected chi connectivity index (χ0v) is 13.0. The molecule has 0 saturated carbocycles. The van der Waals surface area contributed by atoms with Crippen molar-refractivity contribution in [3.63, 3.8) is 0 Å². The molecule has 0 aliphatic carbocycles. The number of para-hydroxylation sites is 1. The van der Waals surface area contributed by atoms with E-state index in [-0.39, 0.29) is 0 Å². The van der Waals surface area contributed by atoms with E-state index in [2.05, 4.69) is 21.3 Å². The number of amides is 3. The van der Waals surface area contributed by atoms with Gasteiger partial charge in [-0.05, 0) is 32.4 Å². The van der Waals surface area contributed by atoms with E-state index in [4.69, 9.17) is 0 Å². The SMILES string of the molecule is Cc1ccccc1NC(=O)NNC(=O)c1c(C)nn(C)c1C. The highest BCUT2D eigenvalue weighted by Gasteiger charge is 2.17. The molecule has 116 valence electrons. The number of nitrogens with one attached hydrogen (secondary N) is 3. The predicted molar refractivity (Wildman–Crippen MR) is 83.5 cm³/mol. The monoisotopic (exact) mass is 301 g/mol. The molecule has 3 N–H and O–H groups in total. The maximum absolute atomic E-state index is 12.1. The molecule has 1 heterocycles. The molecule has 2 rings (SSSR count). The number of hydrogen-bond donors (Lipinski definition) is 3. The van der Waals surface area contributed by atoms with Gasteiger partial charge in [0.1, 0.15) is 0 Å². The van der Waals surface area contributed by atoms with Gasteiger partial charge >= 0.3 is 6.03 Å². The summed E-state index contributed by atoms with van der Waals surface area (Å²) in [6, 6.07) is 6.86. The van der Waals surface area contributed by atoms with Gasteiger partial charge in [-0.15, -0.1) is 0 Å². The number of rotatable bonds is 2. The fourth-order valence-corrected chi connectivity index (χ4v) is 2.14. The van der Waals surface area contributed by atoms with Gasteiger partial charge in [-0.25, -0.2) is 10.2 Å². The molecular weight excluding hydrogens is 282 g/mol. The molecular formula is C15H19N5O2. The third-order valence-electron chi connectivity index (χ3n) is 3.42. The summed E-state index contributed by atoms with van der Waals surface area (Å²) >= 11 is 0. The van der Waals surface area contributed by atoms with Crippen LogP contribution in [0.25, 0.3) is 0 Å². The lowest BCUT2D eigenvalue weighted by Gasteiger charge is -2.10. The number of urea groups is 1. The molecule has 2 aromatic rings. The summed E-state index contributed by atoms with van der Waals surface area (Å²) in [5.41, 5.74) is 8.13. The second kappa shape index (κ2) is 6.30. The number of aryl methyl sites for hydroxylation is 3. The van der Waals surface area contributed by atoms with E-state index in [0.717, 1.165) is 11.3 Å². The van der Waals surface area contributed by atoms with Gasteiger partial charge in [-0.3, -0.25) is 14.9 Å². The van der Waals surface area contributed by atoms with Gasteiger partial charge in [0.05, 0.1) is 11.3 Å². The number of nitrogens with zero attached hydrogens (tertiary/aromatic N) is 2. The molecule has 0 atom stereocenters. The zero-order valence-electron chi connectivity index (χ0n) is 13.0. The van der Waals surface area contributed by atoms with Gasteiger partial charge in [0.2, 0.25) is 0 Å². The second-order valence-electron chi connectivity index (χ2n) is 5.02. The van der Waals surface area contributed by atoms with Crippen molar-refractivity contribution in [2.24, 2.45) is 7.05 Å². The molecule has 3 amide bonds. The maximum atomic E-state index is 12.1. The maximum Gasteiger partial charge on any atom is 0.337 e. The average molecular weight is 301 g/mol. The van der Waals surface area contributed by atoms with E-state index in [1.54, 1.807) is 31.6 Å². The highest BCUT2D eigenvalue weighted by molar-refractivity contribution is 5.98. The number of hydrazine groups is 1. The van der Waals surface area contributed by atoms with Crippen LogP contribution < -0.4 is 16.2 Å². The standard InChI is InChI=1S/C15H19N5O2/c1-9-7-5-6-8-12(9)16-15(22)18-17-14(21)13-10(2)19-20(4)11(13)3/h5-8H,1-4H3,(H,17,21)(H2,16,18,22). The first-order valence-corrected chi connectivity index (χ1v) is 6.83. The molecule has 0 unspecified atom stereocenters. The molecule has 0 aliphatic heterocycles. The number of aromatic nitrogens is 2. The van der Waals surface area contributed by atoms with E-state index in [1.165, 1.54) is 0 Å². The van der Waals surface area contributed by atoms with Crippen LogP contribution in [-0.2, 0) is 7.05 Å². The summed E-state index contributed by atoms with van der Waals surface area (Å²) in [4.78, 5) is 23.9. The van der Waals surface area contributed by atoms with Crippen LogP contribution in [0.15, 0.2) is 24.3 Å². The molecule has 0 spiro atoms. The lowest BCUT2D eigenvalue weighted by Crippen LogP contribution is -2.44. The van der Waals surface area contributed by atoms with Crippen LogP contribution in [0.3, 0.4) is 0 Å². The lowest BCUT2D eigenvalue weighted by molar-refractivity contribution is 0.0936. The topological polar surface area (TPSA) is 88.1 Å². The van der Waals surface area contributed by atoms with Crippen molar-refractivity contribution in [1.29, 1.82) is 0 Å². The van der Waals surface area contributed by atoms with Crippen molar-refractivity contribution in [3.05, 3.63) is 46.8 Å². The second-order valence-corrected chi connectivity index (χ2v) is 5.02. The van der Waals surface area contributed by atoms with Gasteiger partial charge in [0.15, 0.2) is 0 Å². The first-order chi connectivity index (χ1) is 10.4. The van der Waals surface area contributed by atoms with Gasteiger partial charge in [-0.1, -0.05) is 18.2 Å². The summed E-state index contributed by atoms with van der Waals surface area (Å²) in [6.07, 6.45) is 0. The van der Waals surface area contributed by atoms with Crippen LogP contribution in [0.1, 0.15) is 27.3 Å². The Hall–Kier alpha value is -2.83. The molecule has 0 bridgehead atoms. The average Bonchev–Trinajstić information content (AvgIpc) is 2.72. The largest absolute Gasteiger partial charge is 0.337 e. The fraction of sp³-hybridized carbons (Fsp3) is 0.267. The van der Waals surface area contributed by atoms with Crippen molar-refractivity contribution < 1.29 is 9.59 Å². The van der Waals surface area contributed by atoms with Crippen molar-refractivity contribution in [2.45, 2.75) is 20.8 Å². The van der Waals surface area contributed by atoms with Gasteiger partial charge in [0, 0.05) is 18.4 Å². The highest BCUT2D eigenvalue weighted by Crippen LogP contribution is 2.13. The highest BCUT2D eigenvalue weighted by atomic mass is 16.2. The van der Waals surface area contributed by atoms with Gasteiger partial charge < -0.3 is 5.32 Å². The molecule has 0 saturated heterocycles. The van der Waals surface area contributed by atoms with Crippen molar-refractivity contribution in [1.82, 2.24) is 20.6 Å². The molecule has 1 aromatic carbocycles. The quantitative estimate of drug-likeness (QED) is 0.739. The summed E-state index contributed by atoms with van der Waals surface area (Å²) in [7, 11) is 1.76. The minimum Gasteiger partial charge on any atom is -0.306 e. The molecule has 0 radical (unpaired) electrons. The third-order valence-corrected chi connectivity index (χ3v) is 3.42. The van der Waals surface area contributed by atoms with Crippen LogP contribution in [0.2, 0.25) is 0 Å². The predicted octanol–water partition coefficient (Wildman–Crippen LogP) is 1.81. The van der Waals surface area contributed by atoms with Crippen LogP contribution >= 0.6 is 0 Å². The number of carbonyl (C=O) groups excluding carboxylic acids is 2. The Bertz CT molecular complexity index is 721. The first kappa shape index (κ1) is 15.6. The number of benzene rings is 1. The van der Waals surface area contributed by atoms with Crippen LogP contribution in [0.5, 0.6) is 0 Å². The van der Waals surface area contributed by atoms with Gasteiger partial charge in [0.25, 0.3) is 5.91 Å². The number of carbonyl (C=O) groups is 2. The Morgan fingerprint density at radius 1 is 1.09 bits per heavy atom. The molecule has 7 heteroatoms. The Morgan fingerprint density at radius 2 is 1.77 bits per heavy atom. The first-order valence-electron chi connectivity index (χ1n) is 6.83. The Labute approximate surface area is 128 Å².